The first kappa shape index (κ1) is 12.6. The topological polar surface area (TPSA) is 70.3 Å². The summed E-state index contributed by atoms with van der Waals surface area (Å²) in [5.74, 6) is 0.345. The Kier molecular flexibility index (Phi) is 3.79. The lowest BCUT2D eigenvalue weighted by molar-refractivity contribution is 0.153. The van der Waals surface area contributed by atoms with Crippen LogP contribution in [0.2, 0.25) is 0 Å². The highest BCUT2D eigenvalue weighted by Gasteiger charge is 2.25. The van der Waals surface area contributed by atoms with Gasteiger partial charge in [0.05, 0.1) is 18.1 Å². The van der Waals surface area contributed by atoms with Crippen LogP contribution in [-0.4, -0.2) is 60.2 Å². The van der Waals surface area contributed by atoms with Crippen LogP contribution in [0.25, 0.3) is 0 Å². The van der Waals surface area contributed by atoms with Crippen molar-refractivity contribution in [3.05, 3.63) is 12.4 Å². The van der Waals surface area contributed by atoms with E-state index in [9.17, 15) is 0 Å². The Hall–Kier alpha value is -1.40. The van der Waals surface area contributed by atoms with Crippen LogP contribution >= 0.6 is 0 Å². The van der Waals surface area contributed by atoms with E-state index in [1.165, 1.54) is 12.8 Å². The van der Waals surface area contributed by atoms with E-state index in [0.717, 1.165) is 51.0 Å². The Morgan fingerprint density at radius 1 is 1.05 bits per heavy atom. The van der Waals surface area contributed by atoms with Crippen LogP contribution in [0, 0.1) is 0 Å². The van der Waals surface area contributed by atoms with Crippen LogP contribution in [0.3, 0.4) is 0 Å². The molecule has 0 amide bonds. The van der Waals surface area contributed by atoms with Gasteiger partial charge in [0.15, 0.2) is 0 Å². The standard InChI is InChI=1S/C13H22N6/c14-13-16-9-12(10-17-13)19-7-5-18(6-8-19)11-1-3-15-4-2-11/h9-11,15H,1-8H2,(H2,14,16,17). The molecule has 1 aromatic heterocycles. The second-order valence-corrected chi connectivity index (χ2v) is 5.30. The number of piperazine rings is 1. The van der Waals surface area contributed by atoms with E-state index in [2.05, 4.69) is 25.1 Å². The van der Waals surface area contributed by atoms with Crippen LogP contribution in [0.1, 0.15) is 12.8 Å². The number of nitrogens with one attached hydrogen (secondary N) is 1. The van der Waals surface area contributed by atoms with E-state index in [4.69, 9.17) is 5.73 Å². The molecule has 0 atom stereocenters. The van der Waals surface area contributed by atoms with Crippen molar-refractivity contribution < 1.29 is 0 Å². The number of hydrogen-bond acceptors (Lipinski definition) is 6. The van der Waals surface area contributed by atoms with E-state index in [1.807, 2.05) is 12.4 Å². The molecule has 0 bridgehead atoms. The van der Waals surface area contributed by atoms with Gasteiger partial charge in [0, 0.05) is 32.2 Å². The van der Waals surface area contributed by atoms with Gasteiger partial charge in [0.2, 0.25) is 5.95 Å². The number of anilines is 2. The number of nitrogens with two attached hydrogens (primary N) is 1. The summed E-state index contributed by atoms with van der Waals surface area (Å²) in [6, 6.07) is 0.770. The molecule has 6 nitrogen and oxygen atoms in total. The SMILES string of the molecule is Nc1ncc(N2CCN(C3CCNCC3)CC2)cn1. The molecular weight excluding hydrogens is 240 g/mol. The van der Waals surface area contributed by atoms with Crippen molar-refractivity contribution in [1.82, 2.24) is 20.2 Å². The van der Waals surface area contributed by atoms with Gasteiger partial charge < -0.3 is 16.0 Å². The first-order valence-corrected chi connectivity index (χ1v) is 7.10. The highest BCUT2D eigenvalue weighted by Crippen LogP contribution is 2.18. The Bertz CT molecular complexity index is 392. The summed E-state index contributed by atoms with van der Waals surface area (Å²) in [7, 11) is 0. The van der Waals surface area contributed by atoms with Gasteiger partial charge >= 0.3 is 0 Å². The number of nitrogens with zero attached hydrogens (tertiary/aromatic N) is 4. The number of hydrogen-bond donors (Lipinski definition) is 2. The van der Waals surface area contributed by atoms with Crippen LogP contribution in [-0.2, 0) is 0 Å². The number of piperidine rings is 1. The fourth-order valence-electron chi connectivity index (χ4n) is 3.01. The minimum atomic E-state index is 0.345. The smallest absolute Gasteiger partial charge is 0.220 e. The number of rotatable bonds is 2. The summed E-state index contributed by atoms with van der Waals surface area (Å²) in [5.41, 5.74) is 6.60. The molecule has 0 aromatic carbocycles. The fraction of sp³-hybridized carbons (Fsp3) is 0.692. The molecule has 3 N–H and O–H groups in total. The predicted octanol–water partition coefficient (Wildman–Crippen LogP) is -0.0672. The maximum Gasteiger partial charge on any atom is 0.220 e. The summed E-state index contributed by atoms with van der Waals surface area (Å²) in [5, 5.41) is 3.43. The van der Waals surface area contributed by atoms with Gasteiger partial charge in [-0.25, -0.2) is 9.97 Å². The van der Waals surface area contributed by atoms with E-state index >= 15 is 0 Å². The second-order valence-electron chi connectivity index (χ2n) is 5.30. The Balaban J connectivity index is 1.55. The molecule has 0 aliphatic carbocycles. The fourth-order valence-corrected chi connectivity index (χ4v) is 3.01. The average Bonchev–Trinajstić information content (AvgIpc) is 2.49. The molecule has 3 rings (SSSR count). The maximum absolute atomic E-state index is 5.52. The van der Waals surface area contributed by atoms with Crippen molar-refractivity contribution in [1.29, 1.82) is 0 Å². The van der Waals surface area contributed by atoms with Gasteiger partial charge in [0.1, 0.15) is 0 Å². The van der Waals surface area contributed by atoms with Crippen molar-refractivity contribution in [3.8, 4) is 0 Å². The lowest BCUT2D eigenvalue weighted by atomic mass is 10.0. The van der Waals surface area contributed by atoms with Gasteiger partial charge in [-0.1, -0.05) is 0 Å². The predicted molar refractivity (Wildman–Crippen MR) is 76.1 cm³/mol. The molecule has 19 heavy (non-hydrogen) atoms. The quantitative estimate of drug-likeness (QED) is 0.778. The zero-order valence-corrected chi connectivity index (χ0v) is 11.3. The number of nitrogen functional groups attached to an aromatic ring is 1. The summed E-state index contributed by atoms with van der Waals surface area (Å²) in [6.45, 7) is 6.70. The third kappa shape index (κ3) is 2.96. The van der Waals surface area contributed by atoms with Gasteiger partial charge in [-0.15, -0.1) is 0 Å². The van der Waals surface area contributed by atoms with Crippen LogP contribution in [0.4, 0.5) is 11.6 Å². The molecule has 0 spiro atoms. The Morgan fingerprint density at radius 3 is 2.32 bits per heavy atom. The van der Waals surface area contributed by atoms with Crippen LogP contribution < -0.4 is 16.0 Å². The molecule has 1 aromatic rings. The Morgan fingerprint density at radius 2 is 1.68 bits per heavy atom. The highest BCUT2D eigenvalue weighted by molar-refractivity contribution is 5.44. The van der Waals surface area contributed by atoms with Crippen molar-refractivity contribution in [2.45, 2.75) is 18.9 Å². The summed E-state index contributed by atoms with van der Waals surface area (Å²) in [4.78, 5) is 13.1. The summed E-state index contributed by atoms with van der Waals surface area (Å²) < 4.78 is 0. The Labute approximate surface area is 114 Å². The molecule has 2 aliphatic rings. The molecule has 0 unspecified atom stereocenters. The van der Waals surface area contributed by atoms with Gasteiger partial charge in [-0.3, -0.25) is 4.90 Å². The van der Waals surface area contributed by atoms with Crippen molar-refractivity contribution in [3.63, 3.8) is 0 Å². The lowest BCUT2D eigenvalue weighted by Gasteiger charge is -2.41. The third-order valence-electron chi connectivity index (χ3n) is 4.16. The molecular formula is C13H22N6. The summed E-state index contributed by atoms with van der Waals surface area (Å²) in [6.07, 6.45) is 6.21. The molecule has 104 valence electrons. The molecule has 3 heterocycles. The maximum atomic E-state index is 5.52. The zero-order chi connectivity index (χ0) is 13.1. The monoisotopic (exact) mass is 262 g/mol. The number of aromatic nitrogens is 2. The van der Waals surface area contributed by atoms with E-state index in [-0.39, 0.29) is 0 Å². The molecule has 0 saturated carbocycles. The minimum Gasteiger partial charge on any atom is -0.368 e. The molecule has 2 fully saturated rings. The van der Waals surface area contributed by atoms with Gasteiger partial charge in [-0.05, 0) is 25.9 Å². The highest BCUT2D eigenvalue weighted by atomic mass is 15.3. The van der Waals surface area contributed by atoms with Gasteiger partial charge in [-0.2, -0.15) is 0 Å². The van der Waals surface area contributed by atoms with Crippen LogP contribution in [0.15, 0.2) is 12.4 Å². The molecule has 2 saturated heterocycles. The van der Waals surface area contributed by atoms with E-state index < -0.39 is 0 Å². The van der Waals surface area contributed by atoms with Gasteiger partial charge in [0.25, 0.3) is 0 Å². The summed E-state index contributed by atoms with van der Waals surface area (Å²) >= 11 is 0. The first-order valence-electron chi connectivity index (χ1n) is 7.10. The first-order chi connectivity index (χ1) is 9.33. The van der Waals surface area contributed by atoms with Crippen molar-refractivity contribution >= 4 is 11.6 Å². The average molecular weight is 262 g/mol. The van der Waals surface area contributed by atoms with Crippen molar-refractivity contribution in [2.24, 2.45) is 0 Å². The molecule has 6 heteroatoms. The molecule has 0 radical (unpaired) electrons. The third-order valence-corrected chi connectivity index (χ3v) is 4.16. The van der Waals surface area contributed by atoms with E-state index in [0.29, 0.717) is 5.95 Å². The molecule has 2 aliphatic heterocycles. The lowest BCUT2D eigenvalue weighted by Crippen LogP contribution is -2.52. The minimum absolute atomic E-state index is 0.345. The normalized spacial score (nSPS) is 22.6. The second kappa shape index (κ2) is 5.71. The van der Waals surface area contributed by atoms with Crippen molar-refractivity contribution in [2.75, 3.05) is 49.9 Å². The zero-order valence-electron chi connectivity index (χ0n) is 11.3. The van der Waals surface area contributed by atoms with E-state index in [1.54, 1.807) is 0 Å². The largest absolute Gasteiger partial charge is 0.368 e. The van der Waals surface area contributed by atoms with Crippen LogP contribution in [0.5, 0.6) is 0 Å².